The molecule has 2 rings (SSSR count). The molecular formula is C20H31BO3Si. The van der Waals surface area contributed by atoms with Crippen LogP contribution in [0.3, 0.4) is 0 Å². The Balaban J connectivity index is 2.01. The van der Waals surface area contributed by atoms with Crippen molar-refractivity contribution < 1.29 is 13.7 Å². The van der Waals surface area contributed by atoms with Crippen molar-refractivity contribution in [3.8, 4) is 0 Å². The van der Waals surface area contributed by atoms with Gasteiger partial charge in [-0.15, -0.1) is 13.2 Å². The van der Waals surface area contributed by atoms with Gasteiger partial charge in [0.05, 0.1) is 16.8 Å². The summed E-state index contributed by atoms with van der Waals surface area (Å²) in [5, 5.41) is 1.26. The molecule has 0 amide bonds. The molecule has 1 aliphatic heterocycles. The largest absolute Gasteiger partial charge is 0.494 e. The highest BCUT2D eigenvalue weighted by molar-refractivity contribution is 6.62. The van der Waals surface area contributed by atoms with Crippen molar-refractivity contribution in [1.82, 2.24) is 0 Å². The van der Waals surface area contributed by atoms with Crippen molar-refractivity contribution in [2.24, 2.45) is 0 Å². The molecule has 0 saturated carbocycles. The summed E-state index contributed by atoms with van der Waals surface area (Å²) < 4.78 is 18.5. The highest BCUT2D eigenvalue weighted by atomic mass is 28.2. The second kappa shape index (κ2) is 7.62. The molecule has 1 aromatic carbocycles. The van der Waals surface area contributed by atoms with Crippen LogP contribution < -0.4 is 10.6 Å². The van der Waals surface area contributed by atoms with Gasteiger partial charge in [-0.2, -0.15) is 0 Å². The summed E-state index contributed by atoms with van der Waals surface area (Å²) >= 11 is 0. The minimum atomic E-state index is -0.815. The van der Waals surface area contributed by atoms with Gasteiger partial charge >= 0.3 is 7.12 Å². The Hall–Kier alpha value is -1.14. The molecule has 25 heavy (non-hydrogen) atoms. The first-order valence-electron chi connectivity index (χ1n) is 8.93. The molecule has 0 radical (unpaired) electrons. The molecule has 0 bridgehead atoms. The standard InChI is InChI=1S/C20H31BO3Si/c1-8-14-20(7,15-9-2)24-25-17-12-10-16(11-13-17)21-22-18(3,4)19(5,6)23-21/h8-13H,1-2,14-15,25H2,3-7H3. The molecule has 1 aliphatic rings. The van der Waals surface area contributed by atoms with Gasteiger partial charge in [0.25, 0.3) is 0 Å². The zero-order valence-corrected chi connectivity index (χ0v) is 17.7. The highest BCUT2D eigenvalue weighted by Gasteiger charge is 2.51. The van der Waals surface area contributed by atoms with Crippen molar-refractivity contribution in [3.63, 3.8) is 0 Å². The lowest BCUT2D eigenvalue weighted by molar-refractivity contribution is 0.00578. The zero-order chi connectivity index (χ0) is 18.7. The van der Waals surface area contributed by atoms with Crippen molar-refractivity contribution in [2.75, 3.05) is 0 Å². The van der Waals surface area contributed by atoms with Crippen LogP contribution in [-0.4, -0.2) is 33.7 Å². The molecule has 5 heteroatoms. The molecule has 0 unspecified atom stereocenters. The van der Waals surface area contributed by atoms with Crippen LogP contribution in [0.1, 0.15) is 47.5 Å². The number of hydrogen-bond donors (Lipinski definition) is 0. The molecule has 0 aliphatic carbocycles. The van der Waals surface area contributed by atoms with Gasteiger partial charge in [0, 0.05) is 0 Å². The summed E-state index contributed by atoms with van der Waals surface area (Å²) in [6.45, 7) is 18.1. The van der Waals surface area contributed by atoms with Crippen LogP contribution in [0.15, 0.2) is 49.6 Å². The molecule has 0 aromatic heterocycles. The second-order valence-electron chi connectivity index (χ2n) is 8.05. The quantitative estimate of drug-likeness (QED) is 0.528. The summed E-state index contributed by atoms with van der Waals surface area (Å²) in [7, 11) is -1.13. The lowest BCUT2D eigenvalue weighted by Gasteiger charge is -2.32. The minimum absolute atomic E-state index is 0.194. The number of benzene rings is 1. The maximum absolute atomic E-state index is 6.26. The van der Waals surface area contributed by atoms with Crippen molar-refractivity contribution in [1.29, 1.82) is 0 Å². The highest BCUT2D eigenvalue weighted by Crippen LogP contribution is 2.36. The van der Waals surface area contributed by atoms with E-state index in [1.165, 1.54) is 5.19 Å². The van der Waals surface area contributed by atoms with Gasteiger partial charge < -0.3 is 13.7 Å². The van der Waals surface area contributed by atoms with Crippen LogP contribution in [0.25, 0.3) is 0 Å². The van der Waals surface area contributed by atoms with Crippen LogP contribution in [0.5, 0.6) is 0 Å². The second-order valence-corrected chi connectivity index (χ2v) is 9.45. The third-order valence-corrected chi connectivity index (χ3v) is 6.89. The number of hydrogen-bond acceptors (Lipinski definition) is 3. The van der Waals surface area contributed by atoms with Crippen LogP contribution in [-0.2, 0) is 13.7 Å². The Morgan fingerprint density at radius 2 is 1.52 bits per heavy atom. The van der Waals surface area contributed by atoms with Gasteiger partial charge in [0.1, 0.15) is 0 Å². The van der Waals surface area contributed by atoms with Gasteiger partial charge in [0.2, 0.25) is 0 Å². The van der Waals surface area contributed by atoms with E-state index >= 15 is 0 Å². The Morgan fingerprint density at radius 1 is 1.04 bits per heavy atom. The lowest BCUT2D eigenvalue weighted by Crippen LogP contribution is -2.41. The molecule has 0 atom stereocenters. The molecule has 1 fully saturated rings. The Bertz CT molecular complexity index is 584. The number of rotatable bonds is 8. The van der Waals surface area contributed by atoms with Crippen LogP contribution in [0.2, 0.25) is 0 Å². The first-order valence-corrected chi connectivity index (χ1v) is 10.2. The van der Waals surface area contributed by atoms with Crippen LogP contribution in [0.4, 0.5) is 0 Å². The SMILES string of the molecule is C=CCC(C)(CC=C)O[SiH2]c1ccc(B2OC(C)(C)C(C)(C)O2)cc1. The summed E-state index contributed by atoms with van der Waals surface area (Å²) in [4.78, 5) is 0. The fraction of sp³-hybridized carbons (Fsp3) is 0.500. The summed E-state index contributed by atoms with van der Waals surface area (Å²) in [5.74, 6) is 0. The topological polar surface area (TPSA) is 27.7 Å². The predicted octanol–water partition coefficient (Wildman–Crippen LogP) is 2.62. The Labute approximate surface area is 155 Å². The van der Waals surface area contributed by atoms with Gasteiger partial charge in [-0.25, -0.2) is 0 Å². The predicted molar refractivity (Wildman–Crippen MR) is 109 cm³/mol. The molecule has 1 aromatic rings. The maximum atomic E-state index is 6.26. The molecule has 136 valence electrons. The lowest BCUT2D eigenvalue weighted by atomic mass is 9.79. The van der Waals surface area contributed by atoms with Crippen molar-refractivity contribution in [3.05, 3.63) is 49.6 Å². The van der Waals surface area contributed by atoms with Gasteiger partial charge in [-0.3, -0.25) is 0 Å². The Morgan fingerprint density at radius 3 is 1.96 bits per heavy atom. The monoisotopic (exact) mass is 358 g/mol. The van der Waals surface area contributed by atoms with Crippen molar-refractivity contribution >= 4 is 27.5 Å². The average Bonchev–Trinajstić information content (AvgIpc) is 2.75. The smallest absolute Gasteiger partial charge is 0.413 e. The third kappa shape index (κ3) is 4.73. The van der Waals surface area contributed by atoms with E-state index in [9.17, 15) is 0 Å². The average molecular weight is 358 g/mol. The van der Waals surface area contributed by atoms with E-state index < -0.39 is 9.76 Å². The van der Waals surface area contributed by atoms with Crippen LogP contribution in [0, 0.1) is 0 Å². The first kappa shape index (κ1) is 20.2. The normalized spacial score (nSPS) is 19.5. The molecule has 0 spiro atoms. The van der Waals surface area contributed by atoms with Gasteiger partial charge in [-0.1, -0.05) is 36.4 Å². The summed E-state index contributed by atoms with van der Waals surface area (Å²) in [6, 6.07) is 8.45. The van der Waals surface area contributed by atoms with Gasteiger partial charge in [0.15, 0.2) is 9.76 Å². The minimum Gasteiger partial charge on any atom is -0.413 e. The summed E-state index contributed by atoms with van der Waals surface area (Å²) in [6.07, 6.45) is 5.49. The van der Waals surface area contributed by atoms with Gasteiger partial charge in [-0.05, 0) is 58.1 Å². The summed E-state index contributed by atoms with van der Waals surface area (Å²) in [5.41, 5.74) is 0.230. The molecule has 0 N–H and O–H groups in total. The molecule has 3 nitrogen and oxygen atoms in total. The third-order valence-electron chi connectivity index (χ3n) is 5.24. The van der Waals surface area contributed by atoms with E-state index in [0.29, 0.717) is 0 Å². The van der Waals surface area contributed by atoms with E-state index in [-0.39, 0.29) is 23.9 Å². The molecule has 1 heterocycles. The zero-order valence-electron chi connectivity index (χ0n) is 16.3. The fourth-order valence-corrected chi connectivity index (χ4v) is 4.00. The maximum Gasteiger partial charge on any atom is 0.494 e. The van der Waals surface area contributed by atoms with E-state index in [1.54, 1.807) is 0 Å². The van der Waals surface area contributed by atoms with Crippen LogP contribution >= 0.6 is 0 Å². The Kier molecular flexibility index (Phi) is 6.15. The fourth-order valence-electron chi connectivity index (χ4n) is 2.82. The van der Waals surface area contributed by atoms with E-state index in [1.807, 2.05) is 12.2 Å². The first-order chi connectivity index (χ1) is 11.6. The van der Waals surface area contributed by atoms with E-state index in [2.05, 4.69) is 72.0 Å². The van der Waals surface area contributed by atoms with Crippen molar-refractivity contribution in [2.45, 2.75) is 64.3 Å². The van der Waals surface area contributed by atoms with E-state index in [0.717, 1.165) is 18.3 Å². The molecular weight excluding hydrogens is 327 g/mol. The molecule has 1 saturated heterocycles. The van der Waals surface area contributed by atoms with E-state index in [4.69, 9.17) is 13.7 Å².